The maximum atomic E-state index is 2.75. The highest BCUT2D eigenvalue weighted by molar-refractivity contribution is 5.15. The largest absolute Gasteiger partial charge is 0.300 e. The molecule has 0 aromatic heterocycles. The van der Waals surface area contributed by atoms with Crippen LogP contribution < -0.4 is 0 Å². The van der Waals surface area contributed by atoms with Crippen LogP contribution in [0.2, 0.25) is 0 Å². The normalized spacial score (nSPS) is 26.3. The number of hydrogen-bond donors (Lipinski definition) is 0. The summed E-state index contributed by atoms with van der Waals surface area (Å²) >= 11 is 0. The molecule has 1 aromatic carbocycles. The first-order valence-corrected chi connectivity index (χ1v) is 7.85. The quantitative estimate of drug-likeness (QED) is 0.819. The monoisotopic (exact) mass is 258 g/mol. The van der Waals surface area contributed by atoms with Gasteiger partial charge in [-0.3, -0.25) is 9.80 Å². The molecule has 2 fully saturated rings. The molecule has 2 saturated heterocycles. The van der Waals surface area contributed by atoms with Gasteiger partial charge in [-0.05, 0) is 38.3 Å². The van der Waals surface area contributed by atoms with Crippen LogP contribution in [0.4, 0.5) is 0 Å². The molecular formula is C17H26N2. The van der Waals surface area contributed by atoms with Crippen LogP contribution in [0.1, 0.15) is 31.7 Å². The van der Waals surface area contributed by atoms with Crippen LogP contribution in [0, 0.1) is 0 Å². The van der Waals surface area contributed by atoms with E-state index in [1.807, 2.05) is 0 Å². The average Bonchev–Trinajstić information content (AvgIpc) is 2.40. The third-order valence-corrected chi connectivity index (χ3v) is 4.82. The maximum absolute atomic E-state index is 2.75. The van der Waals surface area contributed by atoms with Crippen molar-refractivity contribution >= 4 is 0 Å². The number of nitrogens with zero attached hydrogens (tertiary/aromatic N) is 2. The SMILES string of the molecule is C[C@H]1CCCCN1C1CN(CCc2ccccc2)C1. The lowest BCUT2D eigenvalue weighted by molar-refractivity contribution is -0.00148. The van der Waals surface area contributed by atoms with Gasteiger partial charge in [-0.15, -0.1) is 0 Å². The summed E-state index contributed by atoms with van der Waals surface area (Å²) in [7, 11) is 0. The number of piperidine rings is 1. The minimum atomic E-state index is 0.815. The third kappa shape index (κ3) is 3.18. The molecule has 0 amide bonds. The Labute approximate surface area is 117 Å². The summed E-state index contributed by atoms with van der Waals surface area (Å²) in [5.74, 6) is 0. The van der Waals surface area contributed by atoms with Crippen LogP contribution in [0.5, 0.6) is 0 Å². The molecule has 0 N–H and O–H groups in total. The lowest BCUT2D eigenvalue weighted by atomic mass is 9.97. The molecule has 0 saturated carbocycles. The standard InChI is InChI=1S/C17H26N2/c1-15-7-5-6-11-19(15)17-13-18(14-17)12-10-16-8-3-2-4-9-16/h2-4,8-9,15,17H,5-7,10-14H2,1H3/t15-/m0/s1. The smallest absolute Gasteiger partial charge is 0.0353 e. The van der Waals surface area contributed by atoms with E-state index in [-0.39, 0.29) is 0 Å². The number of benzene rings is 1. The molecule has 1 atom stereocenters. The molecule has 2 aliphatic heterocycles. The fourth-order valence-electron chi connectivity index (χ4n) is 3.53. The first-order chi connectivity index (χ1) is 9.33. The lowest BCUT2D eigenvalue weighted by Gasteiger charge is -2.49. The molecule has 2 nitrogen and oxygen atoms in total. The molecular weight excluding hydrogens is 232 g/mol. The minimum Gasteiger partial charge on any atom is -0.300 e. The van der Waals surface area contributed by atoms with Crippen LogP contribution >= 0.6 is 0 Å². The second-order valence-electron chi connectivity index (χ2n) is 6.23. The second kappa shape index (κ2) is 6.06. The Morgan fingerprint density at radius 3 is 2.63 bits per heavy atom. The van der Waals surface area contributed by atoms with Gasteiger partial charge in [0.2, 0.25) is 0 Å². The summed E-state index contributed by atoms with van der Waals surface area (Å²) in [6.45, 7) is 7.54. The van der Waals surface area contributed by atoms with Crippen LogP contribution in [0.25, 0.3) is 0 Å². The zero-order valence-electron chi connectivity index (χ0n) is 12.1. The van der Waals surface area contributed by atoms with Crippen molar-refractivity contribution in [1.82, 2.24) is 9.80 Å². The van der Waals surface area contributed by atoms with E-state index >= 15 is 0 Å². The maximum Gasteiger partial charge on any atom is 0.0353 e. The van der Waals surface area contributed by atoms with Gasteiger partial charge in [-0.2, -0.15) is 0 Å². The number of likely N-dealkylation sites (tertiary alicyclic amines) is 2. The van der Waals surface area contributed by atoms with E-state index in [0.717, 1.165) is 12.1 Å². The van der Waals surface area contributed by atoms with Crippen LogP contribution in [0.15, 0.2) is 30.3 Å². The second-order valence-corrected chi connectivity index (χ2v) is 6.23. The summed E-state index contributed by atoms with van der Waals surface area (Å²) in [5.41, 5.74) is 1.47. The first-order valence-electron chi connectivity index (χ1n) is 7.85. The Morgan fingerprint density at radius 1 is 1.11 bits per heavy atom. The lowest BCUT2D eigenvalue weighted by Crippen LogP contribution is -2.62. The van der Waals surface area contributed by atoms with Crippen molar-refractivity contribution in [3.63, 3.8) is 0 Å². The Kier molecular flexibility index (Phi) is 4.19. The van der Waals surface area contributed by atoms with E-state index in [4.69, 9.17) is 0 Å². The van der Waals surface area contributed by atoms with E-state index in [1.54, 1.807) is 0 Å². The van der Waals surface area contributed by atoms with Gasteiger partial charge in [0.05, 0.1) is 0 Å². The summed E-state index contributed by atoms with van der Waals surface area (Å²) in [6, 6.07) is 12.5. The van der Waals surface area contributed by atoms with Crippen molar-refractivity contribution < 1.29 is 0 Å². The van der Waals surface area contributed by atoms with Gasteiger partial charge in [0, 0.05) is 31.7 Å². The number of hydrogen-bond acceptors (Lipinski definition) is 2. The molecule has 104 valence electrons. The van der Waals surface area contributed by atoms with E-state index < -0.39 is 0 Å². The Balaban J connectivity index is 1.40. The molecule has 2 heteroatoms. The summed E-state index contributed by atoms with van der Waals surface area (Å²) in [4.78, 5) is 5.36. The van der Waals surface area contributed by atoms with Gasteiger partial charge in [-0.25, -0.2) is 0 Å². The van der Waals surface area contributed by atoms with Gasteiger partial charge in [-0.1, -0.05) is 36.8 Å². The molecule has 0 unspecified atom stereocenters. The molecule has 0 spiro atoms. The zero-order valence-corrected chi connectivity index (χ0v) is 12.1. The molecule has 19 heavy (non-hydrogen) atoms. The Hall–Kier alpha value is -0.860. The summed E-state index contributed by atoms with van der Waals surface area (Å²) < 4.78 is 0. The van der Waals surface area contributed by atoms with Gasteiger partial charge >= 0.3 is 0 Å². The fraction of sp³-hybridized carbons (Fsp3) is 0.647. The molecule has 2 aliphatic rings. The molecule has 0 aliphatic carbocycles. The zero-order chi connectivity index (χ0) is 13.1. The Bertz CT molecular complexity index is 384. The van der Waals surface area contributed by atoms with Gasteiger partial charge in [0.15, 0.2) is 0 Å². The van der Waals surface area contributed by atoms with Crippen molar-refractivity contribution in [1.29, 1.82) is 0 Å². The van der Waals surface area contributed by atoms with Crippen molar-refractivity contribution in [2.45, 2.75) is 44.7 Å². The highest BCUT2D eigenvalue weighted by Crippen LogP contribution is 2.24. The van der Waals surface area contributed by atoms with Crippen LogP contribution in [-0.4, -0.2) is 48.1 Å². The summed E-state index contributed by atoms with van der Waals surface area (Å²) in [5, 5.41) is 0. The highest BCUT2D eigenvalue weighted by atomic mass is 15.3. The van der Waals surface area contributed by atoms with Crippen molar-refractivity contribution in [2.24, 2.45) is 0 Å². The first kappa shape index (κ1) is 13.1. The molecule has 2 heterocycles. The number of rotatable bonds is 4. The highest BCUT2D eigenvalue weighted by Gasteiger charge is 2.34. The van der Waals surface area contributed by atoms with E-state index in [0.29, 0.717) is 0 Å². The topological polar surface area (TPSA) is 6.48 Å². The van der Waals surface area contributed by atoms with E-state index in [2.05, 4.69) is 47.1 Å². The average molecular weight is 258 g/mol. The van der Waals surface area contributed by atoms with Crippen LogP contribution in [0.3, 0.4) is 0 Å². The molecule has 0 bridgehead atoms. The van der Waals surface area contributed by atoms with E-state index in [1.165, 1.54) is 57.4 Å². The van der Waals surface area contributed by atoms with E-state index in [9.17, 15) is 0 Å². The van der Waals surface area contributed by atoms with Gasteiger partial charge in [0.25, 0.3) is 0 Å². The predicted molar refractivity (Wildman–Crippen MR) is 80.4 cm³/mol. The van der Waals surface area contributed by atoms with Crippen molar-refractivity contribution in [3.05, 3.63) is 35.9 Å². The van der Waals surface area contributed by atoms with Gasteiger partial charge in [0.1, 0.15) is 0 Å². The molecule has 3 rings (SSSR count). The molecule has 0 radical (unpaired) electrons. The minimum absolute atomic E-state index is 0.815. The predicted octanol–water partition coefficient (Wildman–Crippen LogP) is 2.79. The van der Waals surface area contributed by atoms with Crippen molar-refractivity contribution in [2.75, 3.05) is 26.2 Å². The van der Waals surface area contributed by atoms with Crippen molar-refractivity contribution in [3.8, 4) is 0 Å². The summed E-state index contributed by atoms with van der Waals surface area (Å²) in [6.07, 6.45) is 5.44. The van der Waals surface area contributed by atoms with Crippen LogP contribution in [-0.2, 0) is 6.42 Å². The molecule has 1 aromatic rings. The van der Waals surface area contributed by atoms with Gasteiger partial charge < -0.3 is 0 Å². The third-order valence-electron chi connectivity index (χ3n) is 4.82. The fourth-order valence-corrected chi connectivity index (χ4v) is 3.53. The Morgan fingerprint density at radius 2 is 1.89 bits per heavy atom.